The number of rotatable bonds is 7. The van der Waals surface area contributed by atoms with Crippen LogP contribution in [0.15, 0.2) is 28.9 Å². The normalized spacial score (nSPS) is 15.2. The van der Waals surface area contributed by atoms with E-state index in [1.165, 1.54) is 31.3 Å². The van der Waals surface area contributed by atoms with Crippen molar-refractivity contribution in [3.63, 3.8) is 0 Å². The molecule has 1 heterocycles. The largest absolute Gasteiger partial charge is 0.464 e. The Labute approximate surface area is 127 Å². The summed E-state index contributed by atoms with van der Waals surface area (Å²) in [5, 5.41) is 0. The molecule has 0 saturated carbocycles. The number of hydrogen-bond acceptors (Lipinski definition) is 1. The lowest BCUT2D eigenvalue weighted by atomic mass is 9.72. The average Bonchev–Trinajstić information content (AvgIpc) is 2.90. The quantitative estimate of drug-likeness (QED) is 0.540. The second-order valence-electron chi connectivity index (χ2n) is 6.34. The molecule has 0 spiro atoms. The Balaban J connectivity index is 2.36. The molecule has 0 saturated heterocycles. The van der Waals surface area contributed by atoms with Gasteiger partial charge in [0, 0.05) is 0 Å². The zero-order chi connectivity index (χ0) is 15.3. The van der Waals surface area contributed by atoms with Crippen LogP contribution < -0.4 is 0 Å². The molecule has 0 aromatic carbocycles. The fraction of sp³-hybridized carbons (Fsp3) is 0.579. The van der Waals surface area contributed by atoms with Gasteiger partial charge in [-0.1, -0.05) is 52.5 Å². The van der Waals surface area contributed by atoms with E-state index in [1.807, 2.05) is 0 Å². The monoisotopic (exact) mass is 290 g/mol. The summed E-state index contributed by atoms with van der Waals surface area (Å²) >= 11 is 0. The maximum absolute atomic E-state index is 14.1. The summed E-state index contributed by atoms with van der Waals surface area (Å²) in [4.78, 5) is 0. The smallest absolute Gasteiger partial charge is 0.140 e. The fourth-order valence-corrected chi connectivity index (χ4v) is 3.24. The molecule has 0 atom stereocenters. The van der Waals surface area contributed by atoms with Crippen LogP contribution in [0.2, 0.25) is 0 Å². The van der Waals surface area contributed by atoms with Crippen molar-refractivity contribution in [2.24, 2.45) is 5.41 Å². The van der Waals surface area contributed by atoms with Crippen molar-refractivity contribution in [2.75, 3.05) is 0 Å². The predicted octanol–water partition coefficient (Wildman–Crippen LogP) is 6.76. The van der Waals surface area contributed by atoms with Gasteiger partial charge in [-0.3, -0.25) is 0 Å². The molecule has 0 unspecified atom stereocenters. The van der Waals surface area contributed by atoms with Gasteiger partial charge < -0.3 is 4.42 Å². The van der Waals surface area contributed by atoms with Gasteiger partial charge in [-0.25, -0.2) is 4.39 Å². The Morgan fingerprint density at radius 3 is 2.43 bits per heavy atom. The molecular formula is C19H27FO. The van der Waals surface area contributed by atoms with E-state index >= 15 is 0 Å². The highest BCUT2D eigenvalue weighted by Crippen LogP contribution is 2.47. The van der Waals surface area contributed by atoms with Crippen LogP contribution >= 0.6 is 0 Å². The lowest BCUT2D eigenvalue weighted by molar-refractivity contribution is 0.344. The standard InChI is InChI=1S/C19H27FO/c1-4-6-12-19(3,13-7-5-2)16-9-8-10-17(20)15-11-14-21-18(15)16/h9-11,14H,4-8,12-13H2,1-3H3. The summed E-state index contributed by atoms with van der Waals surface area (Å²) in [6, 6.07) is 1.75. The zero-order valence-electron chi connectivity index (χ0n) is 13.5. The highest BCUT2D eigenvalue weighted by atomic mass is 19.1. The minimum atomic E-state index is -0.154. The van der Waals surface area contributed by atoms with Crippen LogP contribution in [0, 0.1) is 5.41 Å². The molecule has 0 N–H and O–H groups in total. The molecule has 0 amide bonds. The molecule has 2 rings (SSSR count). The van der Waals surface area contributed by atoms with E-state index in [0.29, 0.717) is 12.0 Å². The molecule has 1 aromatic heterocycles. The molecule has 1 aliphatic carbocycles. The van der Waals surface area contributed by atoms with Crippen molar-refractivity contribution in [3.8, 4) is 0 Å². The summed E-state index contributed by atoms with van der Waals surface area (Å²) in [6.45, 7) is 6.77. The van der Waals surface area contributed by atoms with Crippen LogP contribution in [0.4, 0.5) is 4.39 Å². The highest BCUT2D eigenvalue weighted by molar-refractivity contribution is 5.78. The highest BCUT2D eigenvalue weighted by Gasteiger charge is 2.33. The molecule has 0 radical (unpaired) electrons. The van der Waals surface area contributed by atoms with Gasteiger partial charge in [0.2, 0.25) is 0 Å². The Bertz CT molecular complexity index is 513. The van der Waals surface area contributed by atoms with Gasteiger partial charge in [0.05, 0.1) is 11.8 Å². The van der Waals surface area contributed by atoms with E-state index in [2.05, 4.69) is 26.8 Å². The van der Waals surface area contributed by atoms with Crippen molar-refractivity contribution < 1.29 is 8.81 Å². The third-order valence-corrected chi connectivity index (χ3v) is 4.60. The summed E-state index contributed by atoms with van der Waals surface area (Å²) < 4.78 is 19.8. The van der Waals surface area contributed by atoms with Crippen LogP contribution in [0.25, 0.3) is 11.4 Å². The van der Waals surface area contributed by atoms with Crippen LogP contribution in [0.1, 0.15) is 77.0 Å². The number of fused-ring (bicyclic) bond motifs is 1. The number of allylic oxidation sites excluding steroid dienone is 3. The number of unbranched alkanes of at least 4 members (excludes halogenated alkanes) is 2. The molecule has 1 nitrogen and oxygen atoms in total. The predicted molar refractivity (Wildman–Crippen MR) is 87.5 cm³/mol. The Hall–Kier alpha value is -1.31. The van der Waals surface area contributed by atoms with Gasteiger partial charge in [0.1, 0.15) is 11.6 Å². The summed E-state index contributed by atoms with van der Waals surface area (Å²) in [7, 11) is 0. The molecule has 1 aliphatic rings. The molecule has 2 heteroatoms. The van der Waals surface area contributed by atoms with E-state index in [-0.39, 0.29) is 11.2 Å². The summed E-state index contributed by atoms with van der Waals surface area (Å²) in [5.74, 6) is 0.592. The number of furan rings is 1. The van der Waals surface area contributed by atoms with Gasteiger partial charge in [0.25, 0.3) is 0 Å². The first-order chi connectivity index (χ1) is 10.1. The topological polar surface area (TPSA) is 13.1 Å². The SMILES string of the molecule is CCCCC(C)(CCCC)C1=CCC=C(F)c2ccoc21. The summed E-state index contributed by atoms with van der Waals surface area (Å²) in [5.41, 5.74) is 1.91. The first-order valence-electron chi connectivity index (χ1n) is 8.27. The van der Waals surface area contributed by atoms with Gasteiger partial charge >= 0.3 is 0 Å². The third-order valence-electron chi connectivity index (χ3n) is 4.60. The van der Waals surface area contributed by atoms with Crippen molar-refractivity contribution in [2.45, 2.75) is 65.7 Å². The Kier molecular flexibility index (Phi) is 5.44. The molecule has 0 bridgehead atoms. The van der Waals surface area contributed by atoms with Crippen LogP contribution in [0.5, 0.6) is 0 Å². The lowest BCUT2D eigenvalue weighted by Gasteiger charge is -2.32. The second kappa shape index (κ2) is 7.11. The van der Waals surface area contributed by atoms with Crippen molar-refractivity contribution >= 4 is 11.4 Å². The molecule has 1 aromatic rings. The van der Waals surface area contributed by atoms with E-state index in [1.54, 1.807) is 18.4 Å². The Morgan fingerprint density at radius 1 is 1.14 bits per heavy atom. The van der Waals surface area contributed by atoms with Gasteiger partial charge in [-0.05, 0) is 42.4 Å². The Morgan fingerprint density at radius 2 is 1.81 bits per heavy atom. The maximum Gasteiger partial charge on any atom is 0.140 e. The van der Waals surface area contributed by atoms with Crippen molar-refractivity contribution in [1.29, 1.82) is 0 Å². The summed E-state index contributed by atoms with van der Waals surface area (Å²) in [6.07, 6.45) is 13.1. The van der Waals surface area contributed by atoms with E-state index in [4.69, 9.17) is 4.42 Å². The molecule has 0 fully saturated rings. The number of halogens is 1. The fourth-order valence-electron chi connectivity index (χ4n) is 3.24. The molecule has 0 aliphatic heterocycles. The molecule has 21 heavy (non-hydrogen) atoms. The van der Waals surface area contributed by atoms with Crippen LogP contribution in [0.3, 0.4) is 0 Å². The molecular weight excluding hydrogens is 263 g/mol. The minimum Gasteiger partial charge on any atom is -0.464 e. The lowest BCUT2D eigenvalue weighted by Crippen LogP contribution is -2.19. The second-order valence-corrected chi connectivity index (χ2v) is 6.34. The number of hydrogen-bond donors (Lipinski definition) is 0. The van der Waals surface area contributed by atoms with E-state index < -0.39 is 0 Å². The van der Waals surface area contributed by atoms with E-state index in [0.717, 1.165) is 18.6 Å². The van der Waals surface area contributed by atoms with Crippen LogP contribution in [-0.2, 0) is 0 Å². The first-order valence-corrected chi connectivity index (χ1v) is 8.27. The first kappa shape index (κ1) is 16.1. The van der Waals surface area contributed by atoms with Gasteiger partial charge in [-0.15, -0.1) is 0 Å². The van der Waals surface area contributed by atoms with Crippen molar-refractivity contribution in [1.82, 2.24) is 0 Å². The van der Waals surface area contributed by atoms with E-state index in [9.17, 15) is 4.39 Å². The van der Waals surface area contributed by atoms with Crippen molar-refractivity contribution in [3.05, 3.63) is 35.8 Å². The maximum atomic E-state index is 14.1. The third kappa shape index (κ3) is 3.48. The average molecular weight is 290 g/mol. The zero-order valence-corrected chi connectivity index (χ0v) is 13.5. The minimum absolute atomic E-state index is 0.0804. The van der Waals surface area contributed by atoms with Crippen LogP contribution in [-0.4, -0.2) is 0 Å². The molecule has 116 valence electrons. The van der Waals surface area contributed by atoms with Gasteiger partial charge in [0.15, 0.2) is 0 Å². The van der Waals surface area contributed by atoms with Gasteiger partial charge in [-0.2, -0.15) is 0 Å².